The highest BCUT2D eigenvalue weighted by molar-refractivity contribution is 5.83. The Hall–Kier alpha value is -0.610. The summed E-state index contributed by atoms with van der Waals surface area (Å²) < 4.78 is 5.25. The van der Waals surface area contributed by atoms with Crippen LogP contribution in [-0.2, 0) is 9.53 Å². The summed E-state index contributed by atoms with van der Waals surface area (Å²) in [6.07, 6.45) is 4.72. The summed E-state index contributed by atoms with van der Waals surface area (Å²) in [4.78, 5) is 12.4. The van der Waals surface area contributed by atoms with E-state index in [2.05, 4.69) is 10.6 Å². The second-order valence-electron chi connectivity index (χ2n) is 5.18. The number of carbonyl (C=O) groups is 1. The molecule has 2 fully saturated rings. The van der Waals surface area contributed by atoms with E-state index in [1.807, 2.05) is 6.92 Å². The Morgan fingerprint density at radius 1 is 1.53 bits per heavy atom. The van der Waals surface area contributed by atoms with Gasteiger partial charge in [-0.1, -0.05) is 12.8 Å². The first kappa shape index (κ1) is 12.8. The maximum atomic E-state index is 12.4. The van der Waals surface area contributed by atoms with Crippen LogP contribution >= 0.6 is 0 Å². The van der Waals surface area contributed by atoms with Gasteiger partial charge in [0.15, 0.2) is 0 Å². The van der Waals surface area contributed by atoms with Crippen LogP contribution < -0.4 is 10.6 Å². The van der Waals surface area contributed by atoms with Crippen molar-refractivity contribution in [1.82, 2.24) is 10.6 Å². The lowest BCUT2D eigenvalue weighted by Gasteiger charge is -2.37. The Morgan fingerprint density at radius 2 is 2.41 bits per heavy atom. The number of carbonyl (C=O) groups excluding carboxylic acids is 1. The standard InChI is InChI=1S/C13H24N2O2/c1-2-17-8-7-15-12(16)13-6-4-3-5-11(13)9-14-10-13/h11,14H,2-10H2,1H3,(H,15,16)/t11-,13+/m0/s1. The summed E-state index contributed by atoms with van der Waals surface area (Å²) in [5.74, 6) is 0.787. The van der Waals surface area contributed by atoms with E-state index in [4.69, 9.17) is 4.74 Å². The van der Waals surface area contributed by atoms with Crippen LogP contribution in [0.5, 0.6) is 0 Å². The van der Waals surface area contributed by atoms with Gasteiger partial charge in [0.1, 0.15) is 0 Å². The van der Waals surface area contributed by atoms with Crippen LogP contribution in [0.3, 0.4) is 0 Å². The lowest BCUT2D eigenvalue weighted by molar-refractivity contribution is -0.134. The third kappa shape index (κ3) is 2.63. The van der Waals surface area contributed by atoms with Crippen LogP contribution in [0.25, 0.3) is 0 Å². The molecule has 0 radical (unpaired) electrons. The number of hydrogen-bond donors (Lipinski definition) is 2. The van der Waals surface area contributed by atoms with E-state index in [0.29, 0.717) is 25.7 Å². The van der Waals surface area contributed by atoms with E-state index >= 15 is 0 Å². The molecule has 2 N–H and O–H groups in total. The molecule has 1 aliphatic heterocycles. The topological polar surface area (TPSA) is 50.4 Å². The van der Waals surface area contributed by atoms with Crippen molar-refractivity contribution in [3.05, 3.63) is 0 Å². The van der Waals surface area contributed by atoms with Gasteiger partial charge in [-0.15, -0.1) is 0 Å². The van der Waals surface area contributed by atoms with Gasteiger partial charge in [-0.2, -0.15) is 0 Å². The zero-order valence-corrected chi connectivity index (χ0v) is 10.8. The monoisotopic (exact) mass is 240 g/mol. The molecule has 1 amide bonds. The molecule has 0 bridgehead atoms. The van der Waals surface area contributed by atoms with Crippen molar-refractivity contribution >= 4 is 5.91 Å². The van der Waals surface area contributed by atoms with Gasteiger partial charge in [-0.3, -0.25) is 4.79 Å². The molecule has 98 valence electrons. The minimum atomic E-state index is -0.121. The van der Waals surface area contributed by atoms with Gasteiger partial charge >= 0.3 is 0 Å². The van der Waals surface area contributed by atoms with E-state index in [0.717, 1.165) is 19.5 Å². The fourth-order valence-corrected chi connectivity index (χ4v) is 3.25. The molecule has 4 heteroatoms. The summed E-state index contributed by atoms with van der Waals surface area (Å²) in [6, 6.07) is 0. The second kappa shape index (κ2) is 5.83. The Labute approximate surface area is 103 Å². The Balaban J connectivity index is 1.87. The molecule has 1 aliphatic carbocycles. The first-order valence-corrected chi connectivity index (χ1v) is 6.86. The van der Waals surface area contributed by atoms with Gasteiger partial charge in [0.05, 0.1) is 12.0 Å². The molecular formula is C13H24N2O2. The van der Waals surface area contributed by atoms with Crippen LogP contribution in [-0.4, -0.2) is 38.8 Å². The van der Waals surface area contributed by atoms with Crippen LogP contribution in [0.1, 0.15) is 32.6 Å². The van der Waals surface area contributed by atoms with Crippen molar-refractivity contribution in [3.63, 3.8) is 0 Å². The highest BCUT2D eigenvalue weighted by atomic mass is 16.5. The summed E-state index contributed by atoms with van der Waals surface area (Å²) in [5, 5.41) is 6.44. The van der Waals surface area contributed by atoms with Crippen LogP contribution in [0.15, 0.2) is 0 Å². The van der Waals surface area contributed by atoms with E-state index in [1.54, 1.807) is 0 Å². The van der Waals surface area contributed by atoms with Crippen molar-refractivity contribution in [3.8, 4) is 0 Å². The fraction of sp³-hybridized carbons (Fsp3) is 0.923. The molecule has 0 aromatic carbocycles. The predicted octanol–water partition coefficient (Wildman–Crippen LogP) is 0.919. The molecule has 0 spiro atoms. The largest absolute Gasteiger partial charge is 0.380 e. The first-order chi connectivity index (χ1) is 8.29. The molecule has 0 aromatic rings. The third-order valence-electron chi connectivity index (χ3n) is 4.23. The summed E-state index contributed by atoms with van der Waals surface area (Å²) in [5.41, 5.74) is -0.121. The van der Waals surface area contributed by atoms with Crippen LogP contribution in [0.2, 0.25) is 0 Å². The van der Waals surface area contributed by atoms with Gasteiger partial charge < -0.3 is 15.4 Å². The average Bonchev–Trinajstić information content (AvgIpc) is 2.79. The van der Waals surface area contributed by atoms with Gasteiger partial charge in [-0.25, -0.2) is 0 Å². The smallest absolute Gasteiger partial charge is 0.227 e. The SMILES string of the molecule is CCOCCNC(=O)[C@@]12CCCC[C@H]1CNC2. The quantitative estimate of drug-likeness (QED) is 0.703. The normalized spacial score (nSPS) is 32.2. The van der Waals surface area contributed by atoms with Gasteiger partial charge in [0, 0.05) is 19.7 Å². The molecule has 0 unspecified atom stereocenters. The number of nitrogens with one attached hydrogen (secondary N) is 2. The molecular weight excluding hydrogens is 216 g/mol. The van der Waals surface area contributed by atoms with E-state index in [-0.39, 0.29) is 11.3 Å². The molecule has 1 saturated heterocycles. The zero-order chi connectivity index (χ0) is 12.1. The third-order valence-corrected chi connectivity index (χ3v) is 4.23. The fourth-order valence-electron chi connectivity index (χ4n) is 3.25. The van der Waals surface area contributed by atoms with Gasteiger partial charge in [-0.05, 0) is 32.2 Å². The summed E-state index contributed by atoms with van der Waals surface area (Å²) >= 11 is 0. The lowest BCUT2D eigenvalue weighted by atomic mass is 9.67. The Kier molecular flexibility index (Phi) is 4.40. The van der Waals surface area contributed by atoms with Gasteiger partial charge in [0.25, 0.3) is 0 Å². The van der Waals surface area contributed by atoms with Crippen LogP contribution in [0.4, 0.5) is 0 Å². The molecule has 2 aliphatic rings. The first-order valence-electron chi connectivity index (χ1n) is 6.86. The maximum absolute atomic E-state index is 12.4. The zero-order valence-electron chi connectivity index (χ0n) is 10.8. The molecule has 4 nitrogen and oxygen atoms in total. The molecule has 0 aromatic heterocycles. The Morgan fingerprint density at radius 3 is 3.24 bits per heavy atom. The number of rotatable bonds is 5. The number of ether oxygens (including phenoxy) is 1. The molecule has 17 heavy (non-hydrogen) atoms. The highest BCUT2D eigenvalue weighted by Gasteiger charge is 2.49. The summed E-state index contributed by atoms with van der Waals surface area (Å²) in [7, 11) is 0. The number of amides is 1. The lowest BCUT2D eigenvalue weighted by Crippen LogP contribution is -2.48. The maximum Gasteiger partial charge on any atom is 0.227 e. The average molecular weight is 240 g/mol. The van der Waals surface area contributed by atoms with E-state index < -0.39 is 0 Å². The van der Waals surface area contributed by atoms with E-state index in [9.17, 15) is 4.79 Å². The van der Waals surface area contributed by atoms with Crippen molar-refractivity contribution < 1.29 is 9.53 Å². The van der Waals surface area contributed by atoms with Crippen molar-refractivity contribution in [2.45, 2.75) is 32.6 Å². The minimum Gasteiger partial charge on any atom is -0.380 e. The Bertz CT molecular complexity index is 270. The van der Waals surface area contributed by atoms with Crippen molar-refractivity contribution in [2.75, 3.05) is 32.8 Å². The highest BCUT2D eigenvalue weighted by Crippen LogP contribution is 2.43. The minimum absolute atomic E-state index is 0.121. The van der Waals surface area contributed by atoms with Crippen LogP contribution in [0, 0.1) is 11.3 Å². The summed E-state index contributed by atoms with van der Waals surface area (Å²) in [6.45, 7) is 5.82. The second-order valence-corrected chi connectivity index (χ2v) is 5.18. The molecule has 1 heterocycles. The molecule has 2 atom stereocenters. The van der Waals surface area contributed by atoms with Gasteiger partial charge in [0.2, 0.25) is 5.91 Å². The molecule has 2 rings (SSSR count). The number of fused-ring (bicyclic) bond motifs is 1. The number of hydrogen-bond acceptors (Lipinski definition) is 3. The van der Waals surface area contributed by atoms with E-state index in [1.165, 1.54) is 19.3 Å². The molecule has 1 saturated carbocycles. The van der Waals surface area contributed by atoms with Crippen molar-refractivity contribution in [2.24, 2.45) is 11.3 Å². The van der Waals surface area contributed by atoms with Crippen molar-refractivity contribution in [1.29, 1.82) is 0 Å². The predicted molar refractivity (Wildman–Crippen MR) is 66.8 cm³/mol.